The number of fused-ring (bicyclic) bond motifs is 1. The summed E-state index contributed by atoms with van der Waals surface area (Å²) in [4.78, 5) is 7.77. The molecular weight excluding hydrogens is 397 g/mol. The average molecular weight is 410 g/mol. The first kappa shape index (κ1) is 18.8. The second kappa shape index (κ2) is 6.96. The molecule has 0 aliphatic carbocycles. The molecule has 1 aliphatic rings. The SMILES string of the molecule is C[C@H](Nc1c2c(nc(F)c1-c1ncc(Cl)cc1Cl)NCCN2)C(F)(F)F. The van der Waals surface area contributed by atoms with E-state index in [4.69, 9.17) is 23.2 Å². The summed E-state index contributed by atoms with van der Waals surface area (Å²) in [6, 6.07) is -0.616. The van der Waals surface area contributed by atoms with Gasteiger partial charge in [0.2, 0.25) is 5.95 Å². The van der Waals surface area contributed by atoms with Gasteiger partial charge in [-0.05, 0) is 13.0 Å². The maximum atomic E-state index is 14.7. The van der Waals surface area contributed by atoms with E-state index in [0.717, 1.165) is 6.92 Å². The Hall–Kier alpha value is -2.00. The van der Waals surface area contributed by atoms with Crippen LogP contribution in [0.5, 0.6) is 0 Å². The lowest BCUT2D eigenvalue weighted by Gasteiger charge is -2.27. The Balaban J connectivity index is 2.22. The van der Waals surface area contributed by atoms with Crippen molar-refractivity contribution in [1.82, 2.24) is 9.97 Å². The molecular formula is C15H13Cl2F4N5. The van der Waals surface area contributed by atoms with Crippen molar-refractivity contribution in [2.24, 2.45) is 0 Å². The Morgan fingerprint density at radius 1 is 1.23 bits per heavy atom. The summed E-state index contributed by atoms with van der Waals surface area (Å²) >= 11 is 11.9. The van der Waals surface area contributed by atoms with Crippen LogP contribution in [0.1, 0.15) is 6.92 Å². The molecule has 2 aromatic heterocycles. The third-order valence-electron chi connectivity index (χ3n) is 3.77. The van der Waals surface area contributed by atoms with Crippen molar-refractivity contribution in [2.75, 3.05) is 29.0 Å². The fraction of sp³-hybridized carbons (Fsp3) is 0.333. The highest BCUT2D eigenvalue weighted by Gasteiger charge is 2.38. The molecule has 11 heteroatoms. The van der Waals surface area contributed by atoms with Gasteiger partial charge in [-0.25, -0.2) is 0 Å². The van der Waals surface area contributed by atoms with Gasteiger partial charge in [-0.15, -0.1) is 0 Å². The van der Waals surface area contributed by atoms with E-state index < -0.39 is 18.2 Å². The zero-order valence-electron chi connectivity index (χ0n) is 13.3. The fourth-order valence-electron chi connectivity index (χ4n) is 2.48. The van der Waals surface area contributed by atoms with E-state index in [-0.39, 0.29) is 38.5 Å². The van der Waals surface area contributed by atoms with Crippen LogP contribution in [0.3, 0.4) is 0 Å². The number of hydrogen-bond acceptors (Lipinski definition) is 5. The molecule has 26 heavy (non-hydrogen) atoms. The molecule has 2 aromatic rings. The number of anilines is 3. The minimum atomic E-state index is -4.54. The lowest BCUT2D eigenvalue weighted by molar-refractivity contribution is -0.138. The number of pyridine rings is 2. The standard InChI is InChI=1S/C15H13Cl2F4N5/c1-6(15(19,20)21)25-11-9(10-8(17)4-7(16)5-24-10)13(18)26-14-12(11)22-2-3-23-14/h4-6,22H,2-3H2,1H3,(H2,23,25,26)/t6-/m0/s1. The molecule has 0 saturated heterocycles. The number of nitrogens with one attached hydrogen (secondary N) is 3. The molecule has 0 spiro atoms. The number of halogens is 6. The number of alkyl halides is 3. The van der Waals surface area contributed by atoms with Gasteiger partial charge >= 0.3 is 6.18 Å². The third-order valence-corrected chi connectivity index (χ3v) is 4.26. The Bertz CT molecular complexity index is 844. The fourth-order valence-corrected chi connectivity index (χ4v) is 2.96. The molecule has 1 atom stereocenters. The number of nitrogens with zero attached hydrogens (tertiary/aromatic N) is 2. The molecule has 0 amide bonds. The number of hydrogen-bond donors (Lipinski definition) is 3. The normalized spacial score (nSPS) is 14.9. The van der Waals surface area contributed by atoms with Gasteiger partial charge in [-0.3, -0.25) is 4.98 Å². The lowest BCUT2D eigenvalue weighted by atomic mass is 10.1. The van der Waals surface area contributed by atoms with E-state index in [1.807, 2.05) is 0 Å². The van der Waals surface area contributed by atoms with Crippen molar-refractivity contribution in [3.8, 4) is 11.3 Å². The van der Waals surface area contributed by atoms with Gasteiger partial charge in [0.1, 0.15) is 11.7 Å². The van der Waals surface area contributed by atoms with Gasteiger partial charge in [-0.1, -0.05) is 23.2 Å². The van der Waals surface area contributed by atoms with Gasteiger partial charge in [0.15, 0.2) is 5.82 Å². The zero-order chi connectivity index (χ0) is 19.1. The quantitative estimate of drug-likeness (QED) is 0.502. The molecule has 140 valence electrons. The summed E-state index contributed by atoms with van der Waals surface area (Å²) in [7, 11) is 0. The summed E-state index contributed by atoms with van der Waals surface area (Å²) in [5.74, 6) is -0.895. The van der Waals surface area contributed by atoms with Crippen molar-refractivity contribution in [3.63, 3.8) is 0 Å². The monoisotopic (exact) mass is 409 g/mol. The maximum absolute atomic E-state index is 14.7. The van der Waals surface area contributed by atoms with E-state index in [1.54, 1.807) is 0 Å². The molecule has 1 aliphatic heterocycles. The first-order valence-corrected chi connectivity index (χ1v) is 8.30. The van der Waals surface area contributed by atoms with Gasteiger partial charge in [0, 0.05) is 19.3 Å². The molecule has 0 bridgehead atoms. The molecule has 3 rings (SSSR count). The van der Waals surface area contributed by atoms with E-state index in [2.05, 4.69) is 25.9 Å². The van der Waals surface area contributed by atoms with Gasteiger partial charge < -0.3 is 16.0 Å². The summed E-state index contributed by atoms with van der Waals surface area (Å²) in [5, 5.41) is 8.31. The van der Waals surface area contributed by atoms with Crippen LogP contribution in [0, 0.1) is 5.95 Å². The van der Waals surface area contributed by atoms with E-state index in [1.165, 1.54) is 12.3 Å². The molecule has 3 heterocycles. The van der Waals surface area contributed by atoms with Crippen LogP contribution in [0.2, 0.25) is 10.0 Å². The topological polar surface area (TPSA) is 61.9 Å². The van der Waals surface area contributed by atoms with Crippen molar-refractivity contribution < 1.29 is 17.6 Å². The third kappa shape index (κ3) is 3.59. The molecule has 3 N–H and O–H groups in total. The van der Waals surface area contributed by atoms with Crippen LogP contribution in [0.15, 0.2) is 12.3 Å². The van der Waals surface area contributed by atoms with Gasteiger partial charge in [0.05, 0.1) is 27.0 Å². The predicted molar refractivity (Wildman–Crippen MR) is 93.6 cm³/mol. The Morgan fingerprint density at radius 2 is 1.92 bits per heavy atom. The first-order valence-electron chi connectivity index (χ1n) is 7.54. The Morgan fingerprint density at radius 3 is 2.58 bits per heavy atom. The summed E-state index contributed by atoms with van der Waals surface area (Å²) in [5.41, 5.74) is -0.233. The Kier molecular flexibility index (Phi) is 5.03. The van der Waals surface area contributed by atoms with Crippen LogP contribution in [-0.2, 0) is 0 Å². The van der Waals surface area contributed by atoms with Crippen LogP contribution in [0.25, 0.3) is 11.3 Å². The van der Waals surface area contributed by atoms with E-state index in [0.29, 0.717) is 13.1 Å². The molecule has 5 nitrogen and oxygen atoms in total. The largest absolute Gasteiger partial charge is 0.408 e. The zero-order valence-corrected chi connectivity index (χ0v) is 14.8. The smallest absolute Gasteiger partial charge is 0.379 e. The van der Waals surface area contributed by atoms with E-state index in [9.17, 15) is 17.6 Å². The first-order chi connectivity index (χ1) is 12.2. The molecule has 0 radical (unpaired) electrons. The van der Waals surface area contributed by atoms with Crippen molar-refractivity contribution >= 4 is 40.4 Å². The second-order valence-corrected chi connectivity index (χ2v) is 6.47. The van der Waals surface area contributed by atoms with Crippen LogP contribution in [-0.4, -0.2) is 35.3 Å². The summed E-state index contributed by atoms with van der Waals surface area (Å²) < 4.78 is 53.9. The van der Waals surface area contributed by atoms with Crippen molar-refractivity contribution in [2.45, 2.75) is 19.1 Å². The predicted octanol–water partition coefficient (Wildman–Crippen LogP) is 4.79. The van der Waals surface area contributed by atoms with Gasteiger partial charge in [-0.2, -0.15) is 22.5 Å². The van der Waals surface area contributed by atoms with Crippen molar-refractivity contribution in [1.29, 1.82) is 0 Å². The highest BCUT2D eigenvalue weighted by molar-refractivity contribution is 6.36. The van der Waals surface area contributed by atoms with Crippen molar-refractivity contribution in [3.05, 3.63) is 28.3 Å². The molecule has 0 saturated carbocycles. The minimum Gasteiger partial charge on any atom is -0.379 e. The maximum Gasteiger partial charge on any atom is 0.408 e. The second-order valence-electron chi connectivity index (χ2n) is 5.62. The molecule has 0 unspecified atom stereocenters. The highest BCUT2D eigenvalue weighted by atomic mass is 35.5. The Labute approximate surface area is 156 Å². The van der Waals surface area contributed by atoms with E-state index >= 15 is 0 Å². The van der Waals surface area contributed by atoms with Crippen LogP contribution >= 0.6 is 23.2 Å². The number of rotatable bonds is 3. The summed E-state index contributed by atoms with van der Waals surface area (Å²) in [6.45, 7) is 1.81. The van der Waals surface area contributed by atoms with Crippen LogP contribution < -0.4 is 16.0 Å². The summed E-state index contributed by atoms with van der Waals surface area (Å²) in [6.07, 6.45) is -3.31. The van der Waals surface area contributed by atoms with Crippen LogP contribution in [0.4, 0.5) is 34.8 Å². The molecule has 0 fully saturated rings. The number of aromatic nitrogens is 2. The average Bonchev–Trinajstić information content (AvgIpc) is 2.55. The molecule has 0 aromatic carbocycles. The highest BCUT2D eigenvalue weighted by Crippen LogP contribution is 2.43. The minimum absolute atomic E-state index is 0.00960. The lowest BCUT2D eigenvalue weighted by Crippen LogP contribution is -2.34. The van der Waals surface area contributed by atoms with Gasteiger partial charge in [0.25, 0.3) is 0 Å².